The van der Waals surface area contributed by atoms with Gasteiger partial charge in [0.1, 0.15) is 5.75 Å². The van der Waals surface area contributed by atoms with Crippen LogP contribution in [0.15, 0.2) is 24.3 Å². The molecule has 1 unspecified atom stereocenters. The molecule has 0 bridgehead atoms. The number of hydrogen-bond acceptors (Lipinski definition) is 2. The van der Waals surface area contributed by atoms with E-state index >= 15 is 0 Å². The highest BCUT2D eigenvalue weighted by atomic mass is 19.4. The summed E-state index contributed by atoms with van der Waals surface area (Å²) in [4.78, 5) is 0. The van der Waals surface area contributed by atoms with Crippen LogP contribution in [-0.2, 0) is 5.60 Å². The summed E-state index contributed by atoms with van der Waals surface area (Å²) in [5.74, 6) is -28.4. The van der Waals surface area contributed by atoms with Gasteiger partial charge >= 0.3 is 29.9 Å². The minimum Gasteiger partial charge on any atom is -0.491 e. The minimum atomic E-state index is -7.51. The van der Waals surface area contributed by atoms with Gasteiger partial charge < -0.3 is 9.84 Å². The first-order valence-corrected chi connectivity index (χ1v) is 8.18. The third-order valence-electron chi connectivity index (χ3n) is 4.00. The Balaban J connectivity index is 3.33. The number of alkyl halides is 11. The third-order valence-corrected chi connectivity index (χ3v) is 4.00. The predicted octanol–water partition coefficient (Wildman–Crippen LogP) is 6.17. The molecule has 1 rings (SSSR count). The van der Waals surface area contributed by atoms with E-state index in [1.54, 1.807) is 13.8 Å². The molecule has 0 aliphatic rings. The van der Waals surface area contributed by atoms with Gasteiger partial charge in [0.15, 0.2) is 0 Å². The van der Waals surface area contributed by atoms with Crippen LogP contribution in [0.1, 0.15) is 32.8 Å². The Kier molecular flexibility index (Phi) is 6.75. The van der Waals surface area contributed by atoms with Gasteiger partial charge in [-0.25, -0.2) is 0 Å². The highest BCUT2D eigenvalue weighted by molar-refractivity contribution is 5.32. The number of aliphatic hydroxyl groups is 1. The van der Waals surface area contributed by atoms with Crippen LogP contribution >= 0.6 is 0 Å². The van der Waals surface area contributed by atoms with Crippen LogP contribution in [0.2, 0.25) is 0 Å². The summed E-state index contributed by atoms with van der Waals surface area (Å²) in [6.07, 6.45) is -10.3. The first-order valence-electron chi connectivity index (χ1n) is 8.18. The predicted molar refractivity (Wildman–Crippen MR) is 82.2 cm³/mol. The molecule has 1 aromatic rings. The molecule has 0 spiro atoms. The molecule has 174 valence electrons. The number of ether oxygens (including phenoxy) is 1. The lowest BCUT2D eigenvalue weighted by Gasteiger charge is -2.39. The SMILES string of the molecule is CC(C)Oc1cccc(C(C)(O)CC(F)(F)C(F)(F)C(F)(F)C(F)(F)C(F)(F)F)c1. The van der Waals surface area contributed by atoms with E-state index in [4.69, 9.17) is 4.74 Å². The van der Waals surface area contributed by atoms with Crippen molar-refractivity contribution in [3.63, 3.8) is 0 Å². The molecule has 0 heterocycles. The fourth-order valence-corrected chi connectivity index (χ4v) is 2.43. The summed E-state index contributed by atoms with van der Waals surface area (Å²) < 4.78 is 149. The molecule has 2 nitrogen and oxygen atoms in total. The summed E-state index contributed by atoms with van der Waals surface area (Å²) >= 11 is 0. The second-order valence-electron chi connectivity index (χ2n) is 7.07. The van der Waals surface area contributed by atoms with Crippen LogP contribution < -0.4 is 4.74 Å². The van der Waals surface area contributed by atoms with Crippen molar-refractivity contribution in [3.05, 3.63) is 29.8 Å². The molecule has 0 aliphatic carbocycles. The fourth-order valence-electron chi connectivity index (χ4n) is 2.43. The van der Waals surface area contributed by atoms with E-state index in [-0.39, 0.29) is 5.75 Å². The van der Waals surface area contributed by atoms with Crippen molar-refractivity contribution >= 4 is 0 Å². The number of benzene rings is 1. The zero-order chi connectivity index (χ0) is 24.0. The Labute approximate surface area is 163 Å². The molecule has 13 heteroatoms. The molecule has 0 saturated heterocycles. The zero-order valence-electron chi connectivity index (χ0n) is 15.6. The highest BCUT2D eigenvalue weighted by Crippen LogP contribution is 2.59. The van der Waals surface area contributed by atoms with E-state index in [2.05, 4.69) is 0 Å². The van der Waals surface area contributed by atoms with Crippen LogP contribution in [0.5, 0.6) is 5.75 Å². The number of halogens is 11. The van der Waals surface area contributed by atoms with E-state index in [0.717, 1.165) is 18.2 Å². The molecule has 1 aromatic carbocycles. The van der Waals surface area contributed by atoms with Crippen LogP contribution in [0.3, 0.4) is 0 Å². The molecule has 0 radical (unpaired) electrons. The Hall–Kier alpha value is -1.79. The molecule has 30 heavy (non-hydrogen) atoms. The van der Waals surface area contributed by atoms with Gasteiger partial charge in [0, 0.05) is 0 Å². The Morgan fingerprint density at radius 1 is 0.833 bits per heavy atom. The summed E-state index contributed by atoms with van der Waals surface area (Å²) in [5.41, 5.74) is -3.59. The first kappa shape index (κ1) is 26.2. The summed E-state index contributed by atoms with van der Waals surface area (Å²) in [6, 6.07) is 4.23. The van der Waals surface area contributed by atoms with Gasteiger partial charge in [0.2, 0.25) is 0 Å². The molecule has 0 saturated carbocycles. The average Bonchev–Trinajstić information content (AvgIpc) is 2.51. The van der Waals surface area contributed by atoms with E-state index in [1.165, 1.54) is 6.07 Å². The molecule has 0 aromatic heterocycles. The maximum absolute atomic E-state index is 14.0. The van der Waals surface area contributed by atoms with Crippen molar-refractivity contribution in [1.82, 2.24) is 0 Å². The van der Waals surface area contributed by atoms with Gasteiger partial charge in [-0.05, 0) is 38.5 Å². The molecule has 0 amide bonds. The van der Waals surface area contributed by atoms with Crippen molar-refractivity contribution in [1.29, 1.82) is 0 Å². The van der Waals surface area contributed by atoms with Gasteiger partial charge in [-0.1, -0.05) is 12.1 Å². The van der Waals surface area contributed by atoms with Crippen molar-refractivity contribution in [2.24, 2.45) is 0 Å². The van der Waals surface area contributed by atoms with E-state index in [1.807, 2.05) is 0 Å². The second-order valence-corrected chi connectivity index (χ2v) is 7.07. The van der Waals surface area contributed by atoms with Crippen molar-refractivity contribution in [2.75, 3.05) is 0 Å². The van der Waals surface area contributed by atoms with Crippen LogP contribution in [0.25, 0.3) is 0 Å². The standard InChI is InChI=1S/C17H17F11O2/c1-9(2)30-11-6-4-5-10(7-11)12(3,29)8-13(18,19)14(20,21)15(22,23)16(24,25)17(26,27)28/h4-7,9,29H,8H2,1-3H3. The zero-order valence-corrected chi connectivity index (χ0v) is 15.6. The van der Waals surface area contributed by atoms with E-state index in [9.17, 15) is 53.4 Å². The quantitative estimate of drug-likeness (QED) is 0.468. The average molecular weight is 462 g/mol. The van der Waals surface area contributed by atoms with Crippen molar-refractivity contribution in [3.8, 4) is 5.75 Å². The lowest BCUT2D eigenvalue weighted by molar-refractivity contribution is -0.424. The highest BCUT2D eigenvalue weighted by Gasteiger charge is 2.87. The largest absolute Gasteiger partial charge is 0.491 e. The van der Waals surface area contributed by atoms with Crippen LogP contribution in [0.4, 0.5) is 48.3 Å². The maximum Gasteiger partial charge on any atom is 0.460 e. The van der Waals surface area contributed by atoms with Gasteiger partial charge in [-0.2, -0.15) is 48.3 Å². The Morgan fingerprint density at radius 3 is 1.77 bits per heavy atom. The molecule has 1 atom stereocenters. The molecular formula is C17H17F11O2. The lowest BCUT2D eigenvalue weighted by atomic mass is 9.85. The van der Waals surface area contributed by atoms with Gasteiger partial charge in [-0.3, -0.25) is 0 Å². The lowest BCUT2D eigenvalue weighted by Crippen LogP contribution is -2.67. The third kappa shape index (κ3) is 4.59. The fraction of sp³-hybridized carbons (Fsp3) is 0.647. The van der Waals surface area contributed by atoms with E-state index in [0.29, 0.717) is 6.92 Å². The van der Waals surface area contributed by atoms with Crippen LogP contribution in [-0.4, -0.2) is 41.1 Å². The summed E-state index contributed by atoms with van der Waals surface area (Å²) in [6.45, 7) is 3.59. The molecule has 0 fully saturated rings. The monoisotopic (exact) mass is 462 g/mol. The number of hydrogen-bond donors (Lipinski definition) is 1. The van der Waals surface area contributed by atoms with Crippen LogP contribution in [0, 0.1) is 0 Å². The molecule has 0 aliphatic heterocycles. The smallest absolute Gasteiger partial charge is 0.460 e. The second kappa shape index (κ2) is 7.72. The summed E-state index contributed by atoms with van der Waals surface area (Å²) in [5, 5.41) is 10.1. The van der Waals surface area contributed by atoms with Gasteiger partial charge in [0.05, 0.1) is 18.1 Å². The Bertz CT molecular complexity index is 739. The normalized spacial score (nSPS) is 16.5. The first-order chi connectivity index (χ1) is 13.1. The number of rotatable bonds is 8. The van der Waals surface area contributed by atoms with E-state index < -0.39 is 53.6 Å². The van der Waals surface area contributed by atoms with Gasteiger partial charge in [0.25, 0.3) is 0 Å². The topological polar surface area (TPSA) is 29.5 Å². The molecule has 1 N–H and O–H groups in total. The maximum atomic E-state index is 14.0. The Morgan fingerprint density at radius 2 is 1.33 bits per heavy atom. The molecular weight excluding hydrogens is 445 g/mol. The van der Waals surface area contributed by atoms with Crippen molar-refractivity contribution in [2.45, 2.75) is 68.8 Å². The van der Waals surface area contributed by atoms with Gasteiger partial charge in [-0.15, -0.1) is 0 Å². The minimum absolute atomic E-state index is 0.0354. The summed E-state index contributed by atoms with van der Waals surface area (Å²) in [7, 11) is 0. The van der Waals surface area contributed by atoms with Crippen molar-refractivity contribution < 1.29 is 58.1 Å².